The molecule has 1 N–H and O–H groups in total. The van der Waals surface area contributed by atoms with Gasteiger partial charge in [0, 0.05) is 32.2 Å². The van der Waals surface area contributed by atoms with Crippen molar-refractivity contribution in [2.24, 2.45) is 11.8 Å². The van der Waals surface area contributed by atoms with Crippen LogP contribution >= 0.6 is 0 Å². The van der Waals surface area contributed by atoms with Gasteiger partial charge in [0.1, 0.15) is 6.54 Å². The molecule has 1 saturated heterocycles. The molecule has 1 heterocycles. The van der Waals surface area contributed by atoms with Crippen LogP contribution in [0.1, 0.15) is 22.3 Å². The molecule has 1 fully saturated rings. The van der Waals surface area contributed by atoms with Crippen molar-refractivity contribution in [2.75, 3.05) is 53.6 Å². The first-order valence-electron chi connectivity index (χ1n) is 11.7. The molecule has 35 heavy (non-hydrogen) atoms. The third-order valence-corrected chi connectivity index (χ3v) is 6.09. The summed E-state index contributed by atoms with van der Waals surface area (Å²) >= 11 is 0. The summed E-state index contributed by atoms with van der Waals surface area (Å²) < 4.78 is 56.4. The van der Waals surface area contributed by atoms with Crippen molar-refractivity contribution >= 4 is 5.91 Å². The van der Waals surface area contributed by atoms with Gasteiger partial charge in [0.25, 0.3) is 5.91 Å². The summed E-state index contributed by atoms with van der Waals surface area (Å²) in [5, 5.41) is 3.28. The molecule has 0 spiro atoms. The number of ether oxygens (including phenoxy) is 3. The largest absolute Gasteiger partial charge is 0.493 e. The van der Waals surface area contributed by atoms with E-state index in [0.717, 1.165) is 16.9 Å². The Bertz CT molecular complexity index is 940. The van der Waals surface area contributed by atoms with Crippen LogP contribution < -0.4 is 14.8 Å². The van der Waals surface area contributed by atoms with E-state index in [2.05, 4.69) is 5.32 Å². The van der Waals surface area contributed by atoms with E-state index in [9.17, 15) is 18.0 Å². The van der Waals surface area contributed by atoms with Crippen molar-refractivity contribution in [2.45, 2.75) is 19.0 Å². The highest BCUT2D eigenvalue weighted by Gasteiger charge is 2.37. The lowest BCUT2D eigenvalue weighted by Gasteiger charge is -2.29. The standard InChI is InChI=1S/C26H33F3N2O4/c1-33-11-6-12-35-24-14-20(9-10-23(24)34-2)25(32)31(18-26(27,28)29)17-22-16-30-15-21(22)13-19-7-4-3-5-8-19/h3-5,7-10,14,21-22,30H,6,11-13,15-18H2,1-2H3/t21-,22+/m0/s1. The summed E-state index contributed by atoms with van der Waals surface area (Å²) in [4.78, 5) is 14.2. The van der Waals surface area contributed by atoms with E-state index in [1.54, 1.807) is 13.2 Å². The maximum atomic E-state index is 13.5. The molecule has 6 nitrogen and oxygen atoms in total. The Morgan fingerprint density at radius 2 is 1.77 bits per heavy atom. The average Bonchev–Trinajstić information content (AvgIpc) is 3.27. The van der Waals surface area contributed by atoms with Gasteiger partial charge in [-0.05, 0) is 55.1 Å². The zero-order chi connectivity index (χ0) is 25.3. The lowest BCUT2D eigenvalue weighted by molar-refractivity contribution is -0.141. The van der Waals surface area contributed by atoms with Gasteiger partial charge in [-0.1, -0.05) is 30.3 Å². The van der Waals surface area contributed by atoms with Crippen molar-refractivity contribution in [3.05, 3.63) is 59.7 Å². The molecule has 0 bridgehead atoms. The van der Waals surface area contributed by atoms with Gasteiger partial charge >= 0.3 is 6.18 Å². The Morgan fingerprint density at radius 1 is 1.03 bits per heavy atom. The molecule has 0 radical (unpaired) electrons. The van der Waals surface area contributed by atoms with Crippen LogP contribution in [0.15, 0.2) is 48.5 Å². The molecule has 1 aliphatic heterocycles. The topological polar surface area (TPSA) is 60.0 Å². The smallest absolute Gasteiger partial charge is 0.406 e. The third-order valence-electron chi connectivity index (χ3n) is 6.09. The number of hydrogen-bond acceptors (Lipinski definition) is 5. The maximum absolute atomic E-state index is 13.5. The molecule has 2 atom stereocenters. The van der Waals surface area contributed by atoms with Crippen LogP contribution in [0.3, 0.4) is 0 Å². The second kappa shape index (κ2) is 12.8. The van der Waals surface area contributed by atoms with Crippen molar-refractivity contribution < 1.29 is 32.2 Å². The summed E-state index contributed by atoms with van der Waals surface area (Å²) in [6.45, 7) is 0.795. The van der Waals surface area contributed by atoms with E-state index in [1.807, 2.05) is 30.3 Å². The number of rotatable bonds is 12. The Kier molecular flexibility index (Phi) is 9.80. The molecule has 0 aliphatic carbocycles. The first kappa shape index (κ1) is 26.8. The highest BCUT2D eigenvalue weighted by atomic mass is 19.4. The highest BCUT2D eigenvalue weighted by molar-refractivity contribution is 5.95. The van der Waals surface area contributed by atoms with Gasteiger partial charge in [-0.3, -0.25) is 4.79 Å². The van der Waals surface area contributed by atoms with Crippen LogP contribution in [-0.2, 0) is 11.2 Å². The lowest BCUT2D eigenvalue weighted by atomic mass is 9.89. The summed E-state index contributed by atoms with van der Waals surface area (Å²) in [7, 11) is 3.05. The van der Waals surface area contributed by atoms with Gasteiger partial charge < -0.3 is 24.4 Å². The van der Waals surface area contributed by atoms with Gasteiger partial charge in [0.15, 0.2) is 11.5 Å². The maximum Gasteiger partial charge on any atom is 0.406 e. The van der Waals surface area contributed by atoms with Crippen LogP contribution in [-0.4, -0.2) is 70.6 Å². The number of carbonyl (C=O) groups is 1. The highest BCUT2D eigenvalue weighted by Crippen LogP contribution is 2.30. The zero-order valence-electron chi connectivity index (χ0n) is 20.1. The van der Waals surface area contributed by atoms with Crippen LogP contribution in [0.25, 0.3) is 0 Å². The Labute approximate surface area is 204 Å². The predicted octanol–water partition coefficient (Wildman–Crippen LogP) is 4.19. The second-order valence-electron chi connectivity index (χ2n) is 8.73. The Balaban J connectivity index is 1.77. The average molecular weight is 495 g/mol. The van der Waals surface area contributed by atoms with E-state index in [0.29, 0.717) is 44.2 Å². The number of nitrogens with one attached hydrogen (secondary N) is 1. The van der Waals surface area contributed by atoms with Crippen molar-refractivity contribution in [1.82, 2.24) is 10.2 Å². The number of nitrogens with zero attached hydrogens (tertiary/aromatic N) is 1. The minimum atomic E-state index is -4.51. The molecule has 0 saturated carbocycles. The first-order valence-corrected chi connectivity index (χ1v) is 11.7. The fourth-order valence-corrected chi connectivity index (χ4v) is 4.37. The number of hydrogen-bond donors (Lipinski definition) is 1. The van der Waals surface area contributed by atoms with Crippen LogP contribution in [0.2, 0.25) is 0 Å². The van der Waals surface area contributed by atoms with E-state index >= 15 is 0 Å². The molecule has 1 aliphatic rings. The number of halogens is 3. The van der Waals surface area contributed by atoms with Gasteiger partial charge in [-0.15, -0.1) is 0 Å². The monoisotopic (exact) mass is 494 g/mol. The molecule has 9 heteroatoms. The summed E-state index contributed by atoms with van der Waals surface area (Å²) in [6.07, 6.45) is -3.15. The quantitative estimate of drug-likeness (QED) is 0.449. The Hall–Kier alpha value is -2.78. The number of amides is 1. The first-order chi connectivity index (χ1) is 16.8. The van der Waals surface area contributed by atoms with Crippen molar-refractivity contribution in [3.8, 4) is 11.5 Å². The van der Waals surface area contributed by atoms with E-state index in [-0.39, 0.29) is 23.9 Å². The van der Waals surface area contributed by atoms with Gasteiger partial charge in [0.2, 0.25) is 0 Å². The molecule has 1 amide bonds. The SMILES string of the molecule is COCCCOc1cc(C(=O)N(C[C@H]2CNC[C@@H]2Cc2ccccc2)CC(F)(F)F)ccc1OC. The van der Waals surface area contributed by atoms with Crippen molar-refractivity contribution in [3.63, 3.8) is 0 Å². The summed E-state index contributed by atoms with van der Waals surface area (Å²) in [5.74, 6) is 0.0771. The predicted molar refractivity (Wildman–Crippen MR) is 127 cm³/mol. The normalized spacial score (nSPS) is 17.9. The molecule has 192 valence electrons. The molecular weight excluding hydrogens is 461 g/mol. The van der Waals surface area contributed by atoms with Gasteiger partial charge in [-0.2, -0.15) is 13.2 Å². The minimum absolute atomic E-state index is 0.0128. The van der Waals surface area contributed by atoms with E-state index in [4.69, 9.17) is 14.2 Å². The van der Waals surface area contributed by atoms with Gasteiger partial charge in [-0.25, -0.2) is 0 Å². The molecule has 0 aromatic heterocycles. The summed E-state index contributed by atoms with van der Waals surface area (Å²) in [5.41, 5.74) is 1.26. The molecule has 3 rings (SSSR count). The second-order valence-corrected chi connectivity index (χ2v) is 8.73. The molecule has 2 aromatic carbocycles. The van der Waals surface area contributed by atoms with Crippen LogP contribution in [0.5, 0.6) is 11.5 Å². The third kappa shape index (κ3) is 8.14. The fraction of sp³-hybridized carbons (Fsp3) is 0.500. The van der Waals surface area contributed by atoms with Crippen LogP contribution in [0.4, 0.5) is 13.2 Å². The zero-order valence-corrected chi connectivity index (χ0v) is 20.1. The van der Waals surface area contributed by atoms with Gasteiger partial charge in [0.05, 0.1) is 13.7 Å². The van der Waals surface area contributed by atoms with E-state index in [1.165, 1.54) is 19.2 Å². The number of carbonyl (C=O) groups excluding carboxylic acids is 1. The summed E-state index contributed by atoms with van der Waals surface area (Å²) in [6, 6.07) is 14.3. The van der Waals surface area contributed by atoms with E-state index < -0.39 is 18.6 Å². The van der Waals surface area contributed by atoms with Crippen LogP contribution in [0, 0.1) is 11.8 Å². The minimum Gasteiger partial charge on any atom is -0.493 e. The molecular formula is C26H33F3N2O4. The molecule has 0 unspecified atom stereocenters. The van der Waals surface area contributed by atoms with Crippen molar-refractivity contribution in [1.29, 1.82) is 0 Å². The number of methoxy groups -OCH3 is 2. The Morgan fingerprint density at radius 3 is 2.46 bits per heavy atom. The number of benzene rings is 2. The number of alkyl halides is 3. The lowest BCUT2D eigenvalue weighted by Crippen LogP contribution is -2.43. The molecule has 2 aromatic rings. The fourth-order valence-electron chi connectivity index (χ4n) is 4.37.